The molecule has 0 aliphatic heterocycles. The molecule has 0 aliphatic carbocycles. The van der Waals surface area contributed by atoms with E-state index in [1.807, 2.05) is 43.5 Å². The van der Waals surface area contributed by atoms with Crippen LogP contribution in [0, 0.1) is 6.92 Å². The number of carbonyl (C=O) groups is 1. The predicted octanol–water partition coefficient (Wildman–Crippen LogP) is 3.09. The van der Waals surface area contributed by atoms with E-state index in [4.69, 9.17) is 9.52 Å². The molecule has 3 heterocycles. The molecule has 9 nitrogen and oxygen atoms in total. The highest BCUT2D eigenvalue weighted by atomic mass is 32.2. The molecule has 0 unspecified atom stereocenters. The van der Waals surface area contributed by atoms with E-state index in [1.54, 1.807) is 29.4 Å². The van der Waals surface area contributed by atoms with Crippen LogP contribution < -0.4 is 0 Å². The van der Waals surface area contributed by atoms with E-state index in [0.717, 1.165) is 28.6 Å². The van der Waals surface area contributed by atoms with Gasteiger partial charge in [-0.3, -0.25) is 4.79 Å². The zero-order valence-electron chi connectivity index (χ0n) is 15.3. The number of aromatic nitrogens is 5. The van der Waals surface area contributed by atoms with E-state index in [2.05, 4.69) is 20.4 Å². The third kappa shape index (κ3) is 4.11. The van der Waals surface area contributed by atoms with Crippen molar-refractivity contribution in [3.05, 3.63) is 66.4 Å². The number of para-hydroxylation sites is 1. The van der Waals surface area contributed by atoms with Crippen LogP contribution in [0.3, 0.4) is 0 Å². The summed E-state index contributed by atoms with van der Waals surface area (Å²) in [5, 5.41) is 26.4. The van der Waals surface area contributed by atoms with Crippen molar-refractivity contribution in [2.24, 2.45) is 5.10 Å². The molecule has 0 aliphatic rings. The normalized spacial score (nSPS) is 11.3. The lowest BCUT2D eigenvalue weighted by Gasteiger charge is -2.02. The molecule has 29 heavy (non-hydrogen) atoms. The molecule has 0 bridgehead atoms. The molecule has 4 aromatic rings. The van der Waals surface area contributed by atoms with E-state index >= 15 is 0 Å². The molecule has 0 spiro atoms. The molecule has 0 amide bonds. The van der Waals surface area contributed by atoms with Crippen LogP contribution >= 0.6 is 11.8 Å². The number of carboxylic acids is 1. The predicted molar refractivity (Wildman–Crippen MR) is 107 cm³/mol. The molecule has 1 N–H and O–H groups in total. The average molecular weight is 408 g/mol. The quantitative estimate of drug-likeness (QED) is 0.369. The van der Waals surface area contributed by atoms with Gasteiger partial charge in [-0.2, -0.15) is 14.9 Å². The third-order valence-electron chi connectivity index (χ3n) is 3.98. The van der Waals surface area contributed by atoms with Crippen LogP contribution in [0.2, 0.25) is 0 Å². The van der Waals surface area contributed by atoms with Gasteiger partial charge in [0.1, 0.15) is 5.76 Å². The van der Waals surface area contributed by atoms with Crippen LogP contribution in [-0.2, 0) is 4.79 Å². The van der Waals surface area contributed by atoms with Gasteiger partial charge < -0.3 is 9.52 Å². The number of benzene rings is 1. The minimum Gasteiger partial charge on any atom is -0.481 e. The smallest absolute Gasteiger partial charge is 0.313 e. The van der Waals surface area contributed by atoms with Crippen LogP contribution in [0.1, 0.15) is 11.3 Å². The molecule has 0 saturated heterocycles. The van der Waals surface area contributed by atoms with Gasteiger partial charge in [0, 0.05) is 11.8 Å². The van der Waals surface area contributed by atoms with Gasteiger partial charge in [0.05, 0.1) is 35.7 Å². The van der Waals surface area contributed by atoms with Gasteiger partial charge in [-0.1, -0.05) is 30.0 Å². The fourth-order valence-corrected chi connectivity index (χ4v) is 3.23. The van der Waals surface area contributed by atoms with Crippen LogP contribution in [0.25, 0.3) is 17.1 Å². The number of hydrogen-bond donors (Lipinski definition) is 1. The second kappa shape index (κ2) is 8.15. The lowest BCUT2D eigenvalue weighted by molar-refractivity contribution is -0.133. The van der Waals surface area contributed by atoms with E-state index in [9.17, 15) is 4.79 Å². The Bertz CT molecular complexity index is 1160. The van der Waals surface area contributed by atoms with Gasteiger partial charge in [0.15, 0.2) is 5.82 Å². The second-order valence-electron chi connectivity index (χ2n) is 5.99. The second-order valence-corrected chi connectivity index (χ2v) is 6.93. The fourth-order valence-electron chi connectivity index (χ4n) is 2.62. The number of nitrogens with zero attached hydrogens (tertiary/aromatic N) is 6. The zero-order chi connectivity index (χ0) is 20.2. The lowest BCUT2D eigenvalue weighted by Crippen LogP contribution is -2.01. The molecule has 0 radical (unpaired) electrons. The van der Waals surface area contributed by atoms with Crippen molar-refractivity contribution in [1.29, 1.82) is 0 Å². The van der Waals surface area contributed by atoms with Crippen molar-refractivity contribution >= 4 is 23.9 Å². The maximum Gasteiger partial charge on any atom is 0.313 e. The first-order chi connectivity index (χ1) is 14.1. The summed E-state index contributed by atoms with van der Waals surface area (Å²) in [7, 11) is 0. The first-order valence-corrected chi connectivity index (χ1v) is 9.59. The number of aryl methyl sites for hydroxylation is 1. The molecule has 0 saturated carbocycles. The number of thioether (sulfide) groups is 1. The third-order valence-corrected chi connectivity index (χ3v) is 4.89. The summed E-state index contributed by atoms with van der Waals surface area (Å²) in [5.41, 5.74) is 2.44. The Morgan fingerprint density at radius 1 is 1.28 bits per heavy atom. The summed E-state index contributed by atoms with van der Waals surface area (Å²) in [4.78, 5) is 10.9. The monoisotopic (exact) mass is 408 g/mol. The van der Waals surface area contributed by atoms with Gasteiger partial charge >= 0.3 is 5.97 Å². The Morgan fingerprint density at radius 2 is 2.10 bits per heavy atom. The van der Waals surface area contributed by atoms with Crippen LogP contribution in [0.5, 0.6) is 0 Å². The number of rotatable bonds is 7. The van der Waals surface area contributed by atoms with E-state index in [0.29, 0.717) is 16.7 Å². The topological polar surface area (TPSA) is 111 Å². The first kappa shape index (κ1) is 18.7. The summed E-state index contributed by atoms with van der Waals surface area (Å²) >= 11 is 1.04. The minimum absolute atomic E-state index is 0.149. The molecule has 0 atom stereocenters. The highest BCUT2D eigenvalue weighted by molar-refractivity contribution is 7.99. The van der Waals surface area contributed by atoms with Crippen molar-refractivity contribution in [3.63, 3.8) is 0 Å². The van der Waals surface area contributed by atoms with Crippen molar-refractivity contribution in [3.8, 4) is 17.1 Å². The summed E-state index contributed by atoms with van der Waals surface area (Å²) in [6, 6.07) is 11.5. The van der Waals surface area contributed by atoms with Gasteiger partial charge in [-0.15, -0.1) is 10.2 Å². The van der Waals surface area contributed by atoms with Gasteiger partial charge in [0.2, 0.25) is 5.16 Å². The largest absolute Gasteiger partial charge is 0.481 e. The Balaban J connectivity index is 1.66. The highest BCUT2D eigenvalue weighted by Gasteiger charge is 2.18. The van der Waals surface area contributed by atoms with Crippen molar-refractivity contribution in [2.45, 2.75) is 12.1 Å². The number of hydrogen-bond acceptors (Lipinski definition) is 7. The average Bonchev–Trinajstić information content (AvgIpc) is 3.45. The maximum atomic E-state index is 10.9. The summed E-state index contributed by atoms with van der Waals surface area (Å²) in [6.45, 7) is 1.81. The molecule has 10 heteroatoms. The maximum absolute atomic E-state index is 10.9. The van der Waals surface area contributed by atoms with Crippen LogP contribution in [0.4, 0.5) is 0 Å². The van der Waals surface area contributed by atoms with Gasteiger partial charge in [-0.05, 0) is 25.1 Å². The Hall–Kier alpha value is -3.66. The summed E-state index contributed by atoms with van der Waals surface area (Å²) in [5.74, 6) is 0.0410. The number of aliphatic carboxylic acids is 1. The molecular formula is C19H16N6O3S. The SMILES string of the molecule is Cc1occc1-c1nnc(SCC(=O)O)n1/N=C\c1cnn(-c2ccccc2)c1. The van der Waals surface area contributed by atoms with Crippen LogP contribution in [0.15, 0.2) is 69.7 Å². The van der Waals surface area contributed by atoms with Gasteiger partial charge in [0.25, 0.3) is 0 Å². The highest BCUT2D eigenvalue weighted by Crippen LogP contribution is 2.27. The minimum atomic E-state index is -0.946. The fraction of sp³-hybridized carbons (Fsp3) is 0.105. The molecule has 0 fully saturated rings. The summed E-state index contributed by atoms with van der Waals surface area (Å²) < 4.78 is 8.60. The van der Waals surface area contributed by atoms with E-state index < -0.39 is 5.97 Å². The van der Waals surface area contributed by atoms with Crippen molar-refractivity contribution < 1.29 is 14.3 Å². The van der Waals surface area contributed by atoms with Crippen molar-refractivity contribution in [1.82, 2.24) is 24.7 Å². The number of furan rings is 1. The first-order valence-electron chi connectivity index (χ1n) is 8.61. The number of carboxylic acid groups (broad SMARTS) is 1. The lowest BCUT2D eigenvalue weighted by atomic mass is 10.2. The zero-order valence-corrected chi connectivity index (χ0v) is 16.2. The van der Waals surface area contributed by atoms with E-state index in [1.165, 1.54) is 4.68 Å². The summed E-state index contributed by atoms with van der Waals surface area (Å²) in [6.07, 6.45) is 6.71. The standard InChI is InChI=1S/C19H16N6O3S/c1-13-16(7-8-28-13)18-22-23-19(29-12-17(26)27)25(18)21-10-14-9-20-24(11-14)15-5-3-2-4-6-15/h2-11H,12H2,1H3,(H,26,27)/b21-10-. The molecular weight excluding hydrogens is 392 g/mol. The molecule has 146 valence electrons. The van der Waals surface area contributed by atoms with Crippen molar-refractivity contribution in [2.75, 3.05) is 5.75 Å². The van der Waals surface area contributed by atoms with Gasteiger partial charge in [-0.25, -0.2) is 4.68 Å². The Labute approximate surface area is 169 Å². The van der Waals surface area contributed by atoms with E-state index in [-0.39, 0.29) is 5.75 Å². The molecule has 1 aromatic carbocycles. The molecule has 3 aromatic heterocycles. The van der Waals surface area contributed by atoms with Crippen LogP contribution in [-0.4, -0.2) is 47.7 Å². The Morgan fingerprint density at radius 3 is 2.83 bits per heavy atom. The Kier molecular flexibility index (Phi) is 5.25. The molecule has 4 rings (SSSR count).